The van der Waals surface area contributed by atoms with Crippen LogP contribution in [0.1, 0.15) is 24.0 Å². The van der Waals surface area contributed by atoms with Gasteiger partial charge in [-0.2, -0.15) is 0 Å². The molecule has 1 heterocycles. The second kappa shape index (κ2) is 8.88. The van der Waals surface area contributed by atoms with E-state index < -0.39 is 0 Å². The number of aryl methyl sites for hydroxylation is 1. The number of rotatable bonds is 7. The first-order valence-corrected chi connectivity index (χ1v) is 9.12. The molecule has 1 aliphatic heterocycles. The summed E-state index contributed by atoms with van der Waals surface area (Å²) in [6.45, 7) is 5.64. The van der Waals surface area contributed by atoms with Gasteiger partial charge in [0.05, 0.1) is 6.61 Å². The van der Waals surface area contributed by atoms with Crippen molar-refractivity contribution >= 4 is 5.69 Å². The minimum atomic E-state index is 0.0462. The Balaban J connectivity index is 1.43. The Morgan fingerprint density at radius 3 is 2.56 bits per heavy atom. The number of nitrogens with zero attached hydrogens (tertiary/aromatic N) is 1. The van der Waals surface area contributed by atoms with Crippen molar-refractivity contribution in [1.82, 2.24) is 5.32 Å². The predicted octanol–water partition coefficient (Wildman–Crippen LogP) is 3.12. The van der Waals surface area contributed by atoms with Gasteiger partial charge < -0.3 is 20.1 Å². The molecule has 0 unspecified atom stereocenters. The molecular formula is C21H28N2O2. The summed E-state index contributed by atoms with van der Waals surface area (Å²) in [4.78, 5) is 2.48. The lowest BCUT2D eigenvalue weighted by molar-refractivity contribution is 0.201. The second-order valence-electron chi connectivity index (χ2n) is 6.70. The van der Waals surface area contributed by atoms with E-state index in [0.717, 1.165) is 25.4 Å². The van der Waals surface area contributed by atoms with E-state index in [-0.39, 0.29) is 6.61 Å². The van der Waals surface area contributed by atoms with Gasteiger partial charge in [-0.25, -0.2) is 0 Å². The largest absolute Gasteiger partial charge is 0.491 e. The zero-order chi connectivity index (χ0) is 17.5. The average molecular weight is 340 g/mol. The van der Waals surface area contributed by atoms with Gasteiger partial charge in [0.25, 0.3) is 0 Å². The first-order chi connectivity index (χ1) is 12.2. The van der Waals surface area contributed by atoms with Crippen molar-refractivity contribution in [3.63, 3.8) is 0 Å². The number of aliphatic hydroxyl groups excluding tert-OH is 1. The lowest BCUT2D eigenvalue weighted by Gasteiger charge is -2.34. The summed E-state index contributed by atoms with van der Waals surface area (Å²) in [5.74, 6) is 0.810. The first kappa shape index (κ1) is 17.8. The molecule has 0 bridgehead atoms. The fourth-order valence-electron chi connectivity index (χ4n) is 3.30. The number of hydrogen-bond acceptors (Lipinski definition) is 4. The van der Waals surface area contributed by atoms with Crippen LogP contribution in [0.5, 0.6) is 5.75 Å². The van der Waals surface area contributed by atoms with Crippen LogP contribution in [0.3, 0.4) is 0 Å². The van der Waals surface area contributed by atoms with Crippen LogP contribution in [-0.2, 0) is 6.54 Å². The van der Waals surface area contributed by atoms with Gasteiger partial charge in [-0.3, -0.25) is 0 Å². The van der Waals surface area contributed by atoms with E-state index in [4.69, 9.17) is 9.84 Å². The highest BCUT2D eigenvalue weighted by atomic mass is 16.5. The number of nitrogens with one attached hydrogen (secondary N) is 1. The Bertz CT molecular complexity index is 649. The van der Waals surface area contributed by atoms with E-state index in [1.165, 1.54) is 29.7 Å². The Morgan fingerprint density at radius 1 is 1.12 bits per heavy atom. The number of hydrogen-bond donors (Lipinski definition) is 2. The molecule has 4 heteroatoms. The molecule has 0 radical (unpaired) electrons. The Labute approximate surface area is 150 Å². The van der Waals surface area contributed by atoms with Gasteiger partial charge in [0.15, 0.2) is 0 Å². The molecule has 3 rings (SSSR count). The summed E-state index contributed by atoms with van der Waals surface area (Å²) >= 11 is 0. The number of aliphatic hydroxyl groups is 1. The second-order valence-corrected chi connectivity index (χ2v) is 6.70. The molecule has 1 aliphatic rings. The van der Waals surface area contributed by atoms with Gasteiger partial charge in [-0.15, -0.1) is 0 Å². The number of benzene rings is 2. The molecule has 1 fully saturated rings. The summed E-state index contributed by atoms with van der Waals surface area (Å²) in [5, 5.41) is 12.5. The molecule has 0 aliphatic carbocycles. The van der Waals surface area contributed by atoms with Gasteiger partial charge in [0.2, 0.25) is 0 Å². The highest BCUT2D eigenvalue weighted by molar-refractivity contribution is 5.48. The summed E-state index contributed by atoms with van der Waals surface area (Å²) in [6.07, 6.45) is 2.34. The summed E-state index contributed by atoms with van der Waals surface area (Å²) in [6, 6.07) is 17.4. The molecule has 2 aromatic rings. The molecule has 4 nitrogen and oxygen atoms in total. The van der Waals surface area contributed by atoms with Gasteiger partial charge in [-0.1, -0.05) is 24.3 Å². The first-order valence-electron chi connectivity index (χ1n) is 9.12. The predicted molar refractivity (Wildman–Crippen MR) is 102 cm³/mol. The van der Waals surface area contributed by atoms with Crippen LogP contribution in [0.2, 0.25) is 0 Å². The molecule has 0 saturated carbocycles. The van der Waals surface area contributed by atoms with Crippen LogP contribution in [0.25, 0.3) is 0 Å². The van der Waals surface area contributed by atoms with Gasteiger partial charge in [0.1, 0.15) is 12.4 Å². The summed E-state index contributed by atoms with van der Waals surface area (Å²) in [5.41, 5.74) is 3.93. The highest BCUT2D eigenvalue weighted by Crippen LogP contribution is 2.21. The van der Waals surface area contributed by atoms with Crippen LogP contribution < -0.4 is 15.0 Å². The maximum absolute atomic E-state index is 8.78. The van der Waals surface area contributed by atoms with E-state index in [2.05, 4.69) is 53.5 Å². The maximum Gasteiger partial charge on any atom is 0.119 e. The highest BCUT2D eigenvalue weighted by Gasteiger charge is 2.18. The monoisotopic (exact) mass is 340 g/mol. The molecule has 25 heavy (non-hydrogen) atoms. The lowest BCUT2D eigenvalue weighted by Crippen LogP contribution is -2.42. The third-order valence-corrected chi connectivity index (χ3v) is 4.74. The van der Waals surface area contributed by atoms with Gasteiger partial charge in [-0.05, 0) is 55.2 Å². The van der Waals surface area contributed by atoms with Crippen LogP contribution in [0.4, 0.5) is 5.69 Å². The topological polar surface area (TPSA) is 44.7 Å². The molecule has 0 amide bonds. The summed E-state index contributed by atoms with van der Waals surface area (Å²) < 4.78 is 5.39. The maximum atomic E-state index is 8.78. The third kappa shape index (κ3) is 5.21. The van der Waals surface area contributed by atoms with E-state index in [0.29, 0.717) is 12.6 Å². The molecule has 0 aromatic heterocycles. The average Bonchev–Trinajstić information content (AvgIpc) is 2.66. The fourth-order valence-corrected chi connectivity index (χ4v) is 3.30. The number of ether oxygens (including phenoxy) is 1. The van der Waals surface area contributed by atoms with Crippen LogP contribution in [0.15, 0.2) is 48.5 Å². The van der Waals surface area contributed by atoms with E-state index in [1.54, 1.807) is 0 Å². The van der Waals surface area contributed by atoms with Crippen molar-refractivity contribution in [2.45, 2.75) is 32.4 Å². The number of piperidine rings is 1. The normalized spacial score (nSPS) is 15.4. The number of anilines is 1. The van der Waals surface area contributed by atoms with Crippen molar-refractivity contribution < 1.29 is 9.84 Å². The van der Waals surface area contributed by atoms with E-state index in [1.807, 2.05) is 12.1 Å². The Morgan fingerprint density at radius 2 is 1.88 bits per heavy atom. The molecular weight excluding hydrogens is 312 g/mol. The molecule has 2 aromatic carbocycles. The van der Waals surface area contributed by atoms with Crippen molar-refractivity contribution in [2.24, 2.45) is 0 Å². The van der Waals surface area contributed by atoms with Crippen LogP contribution in [0, 0.1) is 6.92 Å². The molecule has 0 spiro atoms. The standard InChI is InChI=1S/C21H28N2O2/c1-17-3-2-4-20(15-17)23-11-9-19(10-12-23)22-16-18-5-7-21(8-6-18)25-14-13-24/h2-8,15,19,22,24H,9-14,16H2,1H3. The SMILES string of the molecule is Cc1cccc(N2CCC(NCc3ccc(OCCO)cc3)CC2)c1. The molecule has 0 atom stereocenters. The van der Waals surface area contributed by atoms with Crippen LogP contribution >= 0.6 is 0 Å². The smallest absolute Gasteiger partial charge is 0.119 e. The molecule has 1 saturated heterocycles. The summed E-state index contributed by atoms with van der Waals surface area (Å²) in [7, 11) is 0. The zero-order valence-electron chi connectivity index (χ0n) is 14.9. The minimum Gasteiger partial charge on any atom is -0.491 e. The zero-order valence-corrected chi connectivity index (χ0v) is 14.9. The Hall–Kier alpha value is -2.04. The van der Waals surface area contributed by atoms with Crippen molar-refractivity contribution in [1.29, 1.82) is 0 Å². The Kier molecular flexibility index (Phi) is 6.31. The van der Waals surface area contributed by atoms with Crippen LogP contribution in [-0.4, -0.2) is 37.5 Å². The van der Waals surface area contributed by atoms with E-state index in [9.17, 15) is 0 Å². The van der Waals surface area contributed by atoms with Crippen molar-refractivity contribution in [3.8, 4) is 5.75 Å². The van der Waals surface area contributed by atoms with E-state index >= 15 is 0 Å². The van der Waals surface area contributed by atoms with Crippen molar-refractivity contribution in [2.75, 3.05) is 31.2 Å². The fraction of sp³-hybridized carbons (Fsp3) is 0.429. The molecule has 134 valence electrons. The molecule has 2 N–H and O–H groups in total. The third-order valence-electron chi connectivity index (χ3n) is 4.74. The van der Waals surface area contributed by atoms with Gasteiger partial charge >= 0.3 is 0 Å². The quantitative estimate of drug-likeness (QED) is 0.813. The van der Waals surface area contributed by atoms with Gasteiger partial charge in [0, 0.05) is 31.4 Å². The van der Waals surface area contributed by atoms with Crippen molar-refractivity contribution in [3.05, 3.63) is 59.7 Å². The minimum absolute atomic E-state index is 0.0462. The lowest BCUT2D eigenvalue weighted by atomic mass is 10.0.